The zero-order chi connectivity index (χ0) is 16.0. The van der Waals surface area contributed by atoms with E-state index in [4.69, 9.17) is 9.47 Å². The number of aliphatic hydroxyl groups excluding tert-OH is 4. The van der Waals surface area contributed by atoms with Gasteiger partial charge >= 0.3 is 0 Å². The quantitative estimate of drug-likeness (QED) is 0.583. The monoisotopic (exact) mass is 300 g/mol. The van der Waals surface area contributed by atoms with Gasteiger partial charge < -0.3 is 29.9 Å². The molecule has 0 aromatic heterocycles. The molecule has 0 aromatic rings. The van der Waals surface area contributed by atoms with E-state index in [-0.39, 0.29) is 22.3 Å². The number of allylic oxidation sites excluding steroid dienone is 1. The van der Waals surface area contributed by atoms with Crippen molar-refractivity contribution >= 4 is 0 Å². The second kappa shape index (κ2) is 5.37. The van der Waals surface area contributed by atoms with Crippen molar-refractivity contribution in [1.82, 2.24) is 0 Å². The van der Waals surface area contributed by atoms with Crippen molar-refractivity contribution in [3.63, 3.8) is 0 Å². The van der Waals surface area contributed by atoms with E-state index >= 15 is 0 Å². The Labute approximate surface area is 124 Å². The van der Waals surface area contributed by atoms with Gasteiger partial charge in [-0.3, -0.25) is 0 Å². The van der Waals surface area contributed by atoms with Crippen LogP contribution in [0.2, 0.25) is 0 Å². The van der Waals surface area contributed by atoms with Crippen LogP contribution in [0.25, 0.3) is 0 Å². The fourth-order valence-electron chi connectivity index (χ4n) is 2.78. The molecule has 1 saturated heterocycles. The highest BCUT2D eigenvalue weighted by atomic mass is 16.8. The van der Waals surface area contributed by atoms with Gasteiger partial charge in [0.25, 0.3) is 0 Å². The van der Waals surface area contributed by atoms with Crippen LogP contribution in [0.3, 0.4) is 0 Å². The summed E-state index contributed by atoms with van der Waals surface area (Å²) in [5.41, 5.74) is 0.147. The third kappa shape index (κ3) is 3.64. The van der Waals surface area contributed by atoms with Gasteiger partial charge in [0.1, 0.15) is 0 Å². The van der Waals surface area contributed by atoms with E-state index in [2.05, 4.69) is 0 Å². The van der Waals surface area contributed by atoms with Crippen LogP contribution in [-0.4, -0.2) is 44.9 Å². The van der Waals surface area contributed by atoms with E-state index in [1.165, 1.54) is 6.08 Å². The van der Waals surface area contributed by atoms with Crippen LogP contribution in [0.4, 0.5) is 0 Å². The molecule has 0 amide bonds. The molecule has 2 aliphatic rings. The molecule has 6 heteroatoms. The first-order chi connectivity index (χ1) is 9.51. The van der Waals surface area contributed by atoms with Crippen LogP contribution in [0, 0.1) is 5.41 Å². The maximum Gasteiger partial charge on any atom is 0.185 e. The largest absolute Gasteiger partial charge is 0.512 e. The summed E-state index contributed by atoms with van der Waals surface area (Å²) in [6.45, 7) is 7.06. The Bertz CT molecular complexity index is 461. The van der Waals surface area contributed by atoms with Gasteiger partial charge in [0.2, 0.25) is 0 Å². The average Bonchev–Trinajstić information content (AvgIpc) is 2.22. The summed E-state index contributed by atoms with van der Waals surface area (Å²) in [4.78, 5) is 0. The Hall–Kier alpha value is -0.920. The zero-order valence-electron chi connectivity index (χ0n) is 12.8. The number of ether oxygens (including phenoxy) is 2. The average molecular weight is 300 g/mol. The van der Waals surface area contributed by atoms with Crippen LogP contribution < -0.4 is 0 Å². The van der Waals surface area contributed by atoms with Gasteiger partial charge in [0, 0.05) is 17.6 Å². The Morgan fingerprint density at radius 2 is 1.57 bits per heavy atom. The molecule has 1 aliphatic heterocycles. The van der Waals surface area contributed by atoms with Gasteiger partial charge in [-0.15, -0.1) is 0 Å². The lowest BCUT2D eigenvalue weighted by Crippen LogP contribution is -2.46. The maximum atomic E-state index is 10.2. The standard InChI is InChI=1S/C15H24O6/c1-14(2)6-10(16)8(11(17)7-14)5-9-12(18)20-15(3,4)21-13(9)19/h5,10,12-13,16-19H,6-7H2,1-4H3. The molecule has 1 aliphatic carbocycles. The smallest absolute Gasteiger partial charge is 0.185 e. The summed E-state index contributed by atoms with van der Waals surface area (Å²) in [7, 11) is 0. The second-order valence-corrected chi connectivity index (χ2v) is 6.95. The first-order valence-corrected chi connectivity index (χ1v) is 7.04. The van der Waals surface area contributed by atoms with Gasteiger partial charge in [-0.05, 0) is 31.8 Å². The minimum Gasteiger partial charge on any atom is -0.512 e. The molecule has 3 atom stereocenters. The highest BCUT2D eigenvalue weighted by Gasteiger charge is 2.39. The number of aliphatic hydroxyl groups is 4. The molecule has 0 bridgehead atoms. The van der Waals surface area contributed by atoms with Gasteiger partial charge in [-0.1, -0.05) is 13.8 Å². The number of rotatable bonds is 1. The molecule has 0 saturated carbocycles. The third-order valence-electron chi connectivity index (χ3n) is 3.77. The first kappa shape index (κ1) is 16.5. The van der Waals surface area contributed by atoms with Gasteiger partial charge in [-0.25, -0.2) is 0 Å². The lowest BCUT2D eigenvalue weighted by molar-refractivity contribution is -0.346. The van der Waals surface area contributed by atoms with Gasteiger partial charge in [0.05, 0.1) is 11.9 Å². The summed E-state index contributed by atoms with van der Waals surface area (Å²) < 4.78 is 10.5. The molecular formula is C15H24O6. The molecule has 21 heavy (non-hydrogen) atoms. The molecule has 120 valence electrons. The van der Waals surface area contributed by atoms with E-state index < -0.39 is 24.5 Å². The lowest BCUT2D eigenvalue weighted by atomic mass is 9.75. The Kier molecular flexibility index (Phi) is 4.21. The van der Waals surface area contributed by atoms with Crippen LogP contribution in [0.1, 0.15) is 40.5 Å². The van der Waals surface area contributed by atoms with E-state index in [0.717, 1.165) is 0 Å². The number of hydrogen-bond acceptors (Lipinski definition) is 6. The summed E-state index contributed by atoms with van der Waals surface area (Å²) in [6, 6.07) is 0. The second-order valence-electron chi connectivity index (χ2n) is 6.95. The molecule has 1 fully saturated rings. The summed E-state index contributed by atoms with van der Waals surface area (Å²) in [6.07, 6.45) is -1.31. The fraction of sp³-hybridized carbons (Fsp3) is 0.733. The molecule has 0 spiro atoms. The molecule has 6 nitrogen and oxygen atoms in total. The Balaban J connectivity index is 2.30. The molecule has 1 heterocycles. The van der Waals surface area contributed by atoms with Crippen molar-refractivity contribution in [3.8, 4) is 0 Å². The van der Waals surface area contributed by atoms with Crippen molar-refractivity contribution in [3.05, 3.63) is 23.0 Å². The summed E-state index contributed by atoms with van der Waals surface area (Å²) in [5.74, 6) is -1.06. The van der Waals surface area contributed by atoms with Crippen molar-refractivity contribution in [2.75, 3.05) is 0 Å². The molecule has 2 rings (SSSR count). The Morgan fingerprint density at radius 3 is 2.05 bits per heavy atom. The van der Waals surface area contributed by atoms with Crippen molar-refractivity contribution in [2.24, 2.45) is 5.41 Å². The first-order valence-electron chi connectivity index (χ1n) is 7.04. The zero-order valence-corrected chi connectivity index (χ0v) is 12.8. The molecule has 0 radical (unpaired) electrons. The summed E-state index contributed by atoms with van der Waals surface area (Å²) in [5, 5.41) is 40.2. The van der Waals surface area contributed by atoms with Gasteiger partial charge in [0.15, 0.2) is 18.4 Å². The van der Waals surface area contributed by atoms with Crippen molar-refractivity contribution in [2.45, 2.75) is 65.0 Å². The number of hydrogen-bond donors (Lipinski definition) is 4. The van der Waals surface area contributed by atoms with Gasteiger partial charge in [-0.2, -0.15) is 0 Å². The van der Waals surface area contributed by atoms with Crippen LogP contribution in [-0.2, 0) is 9.47 Å². The highest BCUT2D eigenvalue weighted by molar-refractivity contribution is 5.34. The predicted octanol–water partition coefficient (Wildman–Crippen LogP) is 1.33. The molecule has 3 unspecified atom stereocenters. The molecule has 4 N–H and O–H groups in total. The molecule has 0 aromatic carbocycles. The van der Waals surface area contributed by atoms with E-state index in [0.29, 0.717) is 12.8 Å². The SMILES string of the molecule is CC1(C)CC(O)=C(C=C2C(O)OC(C)(C)OC2O)C(O)C1. The van der Waals surface area contributed by atoms with Crippen LogP contribution in [0.15, 0.2) is 23.0 Å². The van der Waals surface area contributed by atoms with E-state index in [1.807, 2.05) is 13.8 Å². The fourth-order valence-corrected chi connectivity index (χ4v) is 2.78. The normalized spacial score (nSPS) is 35.8. The maximum absolute atomic E-state index is 10.2. The highest BCUT2D eigenvalue weighted by Crippen LogP contribution is 2.39. The van der Waals surface area contributed by atoms with Crippen molar-refractivity contribution < 1.29 is 29.9 Å². The topological polar surface area (TPSA) is 99.4 Å². The predicted molar refractivity (Wildman–Crippen MR) is 75.0 cm³/mol. The van der Waals surface area contributed by atoms with Crippen LogP contribution >= 0.6 is 0 Å². The Morgan fingerprint density at radius 1 is 1.05 bits per heavy atom. The lowest BCUT2D eigenvalue weighted by Gasteiger charge is -2.39. The van der Waals surface area contributed by atoms with Crippen molar-refractivity contribution in [1.29, 1.82) is 0 Å². The minimum absolute atomic E-state index is 0.0514. The summed E-state index contributed by atoms with van der Waals surface area (Å²) >= 11 is 0. The molecular weight excluding hydrogens is 276 g/mol. The van der Waals surface area contributed by atoms with E-state index in [1.54, 1.807) is 13.8 Å². The third-order valence-corrected chi connectivity index (χ3v) is 3.77. The minimum atomic E-state index is -1.36. The van der Waals surface area contributed by atoms with Crippen LogP contribution in [0.5, 0.6) is 0 Å². The van der Waals surface area contributed by atoms with E-state index in [9.17, 15) is 20.4 Å².